The van der Waals surface area contributed by atoms with E-state index in [9.17, 15) is 18.0 Å². The first-order valence-corrected chi connectivity index (χ1v) is 7.64. The second-order valence-electron chi connectivity index (χ2n) is 6.08. The number of amides is 1. The summed E-state index contributed by atoms with van der Waals surface area (Å²) in [5.41, 5.74) is 0. The molecule has 2 heterocycles. The molecule has 2 atom stereocenters. The third kappa shape index (κ3) is 4.57. The van der Waals surface area contributed by atoms with Gasteiger partial charge in [0, 0.05) is 25.7 Å². The van der Waals surface area contributed by atoms with Crippen molar-refractivity contribution in [2.75, 3.05) is 39.8 Å². The second kappa shape index (κ2) is 6.96. The smallest absolute Gasteiger partial charge is 0.341 e. The summed E-state index contributed by atoms with van der Waals surface area (Å²) in [6.45, 7) is 2.16. The zero-order chi connectivity index (χ0) is 15.5. The third-order valence-corrected chi connectivity index (χ3v) is 4.51. The minimum absolute atomic E-state index is 0.138. The van der Waals surface area contributed by atoms with Crippen LogP contribution in [0.25, 0.3) is 0 Å². The van der Waals surface area contributed by atoms with E-state index in [1.807, 2.05) is 11.9 Å². The second-order valence-corrected chi connectivity index (χ2v) is 6.08. The number of carbonyl (C=O) groups excluding carboxylic acids is 1. The fraction of sp³-hybridized carbons (Fsp3) is 0.929. The van der Waals surface area contributed by atoms with Gasteiger partial charge < -0.3 is 10.2 Å². The Kier molecular flexibility index (Phi) is 5.48. The maximum absolute atomic E-state index is 12.8. The fourth-order valence-corrected chi connectivity index (χ4v) is 3.20. The van der Waals surface area contributed by atoms with Crippen molar-refractivity contribution in [1.82, 2.24) is 15.1 Å². The Labute approximate surface area is 123 Å². The van der Waals surface area contributed by atoms with Gasteiger partial charge in [-0.05, 0) is 39.3 Å². The predicted octanol–water partition coefficient (Wildman–Crippen LogP) is 1.47. The van der Waals surface area contributed by atoms with Crippen molar-refractivity contribution >= 4 is 5.91 Å². The molecule has 1 N–H and O–H groups in total. The van der Waals surface area contributed by atoms with Gasteiger partial charge in [0.05, 0.1) is 12.5 Å². The molecule has 4 nitrogen and oxygen atoms in total. The summed E-state index contributed by atoms with van der Waals surface area (Å²) in [5, 5.41) is 3.20. The van der Waals surface area contributed by atoms with E-state index in [1.54, 1.807) is 0 Å². The zero-order valence-corrected chi connectivity index (χ0v) is 12.5. The summed E-state index contributed by atoms with van der Waals surface area (Å²) < 4.78 is 38.3. The van der Waals surface area contributed by atoms with Crippen molar-refractivity contribution in [2.45, 2.75) is 37.9 Å². The largest absolute Gasteiger partial charge is 0.393 e. The standard InChI is InChI=1S/C14H24F3N3O/c1-18-12-5-3-6-19(9-12)10-13(21)20-7-2-4-11(8-20)14(15,16)17/h11-12,18H,2-10H2,1H3. The predicted molar refractivity (Wildman–Crippen MR) is 73.9 cm³/mol. The molecule has 0 spiro atoms. The van der Waals surface area contributed by atoms with E-state index in [0.29, 0.717) is 19.0 Å². The number of rotatable bonds is 3. The molecule has 0 aromatic heterocycles. The Bertz CT molecular complexity index is 362. The summed E-state index contributed by atoms with van der Waals surface area (Å²) >= 11 is 0. The lowest BCUT2D eigenvalue weighted by atomic mass is 9.97. The van der Waals surface area contributed by atoms with E-state index in [0.717, 1.165) is 25.9 Å². The molecule has 122 valence electrons. The van der Waals surface area contributed by atoms with Gasteiger partial charge in [0.15, 0.2) is 0 Å². The van der Waals surface area contributed by atoms with Crippen LogP contribution in [0.3, 0.4) is 0 Å². The van der Waals surface area contributed by atoms with Gasteiger partial charge in [-0.3, -0.25) is 9.69 Å². The molecule has 0 bridgehead atoms. The highest BCUT2D eigenvalue weighted by molar-refractivity contribution is 5.78. The van der Waals surface area contributed by atoms with Crippen LogP contribution in [0.4, 0.5) is 13.2 Å². The minimum Gasteiger partial charge on any atom is -0.341 e. The molecule has 2 aliphatic heterocycles. The van der Waals surface area contributed by atoms with Crippen molar-refractivity contribution < 1.29 is 18.0 Å². The molecule has 2 fully saturated rings. The lowest BCUT2D eigenvalue weighted by Gasteiger charge is -2.37. The number of carbonyl (C=O) groups is 1. The Balaban J connectivity index is 1.85. The minimum atomic E-state index is -4.19. The van der Waals surface area contributed by atoms with Crippen LogP contribution in [0.15, 0.2) is 0 Å². The molecule has 2 aliphatic rings. The molecular weight excluding hydrogens is 283 g/mol. The molecule has 2 rings (SSSR count). The van der Waals surface area contributed by atoms with E-state index in [4.69, 9.17) is 0 Å². The van der Waals surface area contributed by atoms with Gasteiger partial charge in [0.2, 0.25) is 5.91 Å². The van der Waals surface area contributed by atoms with Crippen molar-refractivity contribution in [3.8, 4) is 0 Å². The highest BCUT2D eigenvalue weighted by atomic mass is 19.4. The van der Waals surface area contributed by atoms with Gasteiger partial charge in [-0.2, -0.15) is 13.2 Å². The molecule has 2 saturated heterocycles. The molecule has 0 saturated carbocycles. The van der Waals surface area contributed by atoms with Crippen molar-refractivity contribution in [3.05, 3.63) is 0 Å². The summed E-state index contributed by atoms with van der Waals surface area (Å²) in [4.78, 5) is 15.7. The van der Waals surface area contributed by atoms with Crippen molar-refractivity contribution in [1.29, 1.82) is 0 Å². The third-order valence-electron chi connectivity index (χ3n) is 4.51. The first kappa shape index (κ1) is 16.5. The van der Waals surface area contributed by atoms with Crippen molar-refractivity contribution in [3.63, 3.8) is 0 Å². The summed E-state index contributed by atoms with van der Waals surface area (Å²) in [7, 11) is 1.90. The van der Waals surface area contributed by atoms with Crippen LogP contribution in [0.2, 0.25) is 0 Å². The van der Waals surface area contributed by atoms with Crippen LogP contribution < -0.4 is 5.32 Å². The van der Waals surface area contributed by atoms with E-state index >= 15 is 0 Å². The Morgan fingerprint density at radius 1 is 1.19 bits per heavy atom. The molecule has 0 aromatic rings. The number of hydrogen-bond acceptors (Lipinski definition) is 3. The Hall–Kier alpha value is -0.820. The number of halogens is 3. The lowest BCUT2D eigenvalue weighted by molar-refractivity contribution is -0.188. The molecule has 2 unspecified atom stereocenters. The van der Waals surface area contributed by atoms with Gasteiger partial charge in [0.1, 0.15) is 0 Å². The van der Waals surface area contributed by atoms with Crippen LogP contribution in [0.1, 0.15) is 25.7 Å². The first-order valence-electron chi connectivity index (χ1n) is 7.64. The van der Waals surface area contributed by atoms with E-state index in [2.05, 4.69) is 5.32 Å². The molecule has 0 radical (unpaired) electrons. The maximum atomic E-state index is 12.8. The average Bonchev–Trinajstić information content (AvgIpc) is 2.46. The molecule has 1 amide bonds. The number of nitrogens with one attached hydrogen (secondary N) is 1. The number of nitrogens with zero attached hydrogens (tertiary/aromatic N) is 2. The van der Waals surface area contributed by atoms with E-state index in [1.165, 1.54) is 4.90 Å². The number of alkyl halides is 3. The number of hydrogen-bond donors (Lipinski definition) is 1. The molecule has 0 aromatic carbocycles. The van der Waals surface area contributed by atoms with Crippen LogP contribution in [-0.2, 0) is 4.79 Å². The number of likely N-dealkylation sites (tertiary alicyclic amines) is 2. The first-order chi connectivity index (χ1) is 9.90. The van der Waals surface area contributed by atoms with Gasteiger partial charge in [-0.1, -0.05) is 0 Å². The van der Waals surface area contributed by atoms with Gasteiger partial charge >= 0.3 is 6.18 Å². The number of piperidine rings is 2. The van der Waals surface area contributed by atoms with Gasteiger partial charge in [-0.15, -0.1) is 0 Å². The Morgan fingerprint density at radius 2 is 1.90 bits per heavy atom. The monoisotopic (exact) mass is 307 g/mol. The lowest BCUT2D eigenvalue weighted by Crippen LogP contribution is -2.51. The van der Waals surface area contributed by atoms with Gasteiger partial charge in [0.25, 0.3) is 0 Å². The van der Waals surface area contributed by atoms with E-state index < -0.39 is 12.1 Å². The van der Waals surface area contributed by atoms with Crippen LogP contribution >= 0.6 is 0 Å². The summed E-state index contributed by atoms with van der Waals surface area (Å²) in [6, 6.07) is 0.371. The highest BCUT2D eigenvalue weighted by Crippen LogP contribution is 2.33. The SMILES string of the molecule is CNC1CCCN(CC(=O)N2CCCC(C(F)(F)F)C2)C1. The van der Waals surface area contributed by atoms with Crippen molar-refractivity contribution in [2.24, 2.45) is 5.92 Å². The number of likely N-dealkylation sites (N-methyl/N-ethyl adjacent to an activating group) is 1. The summed E-state index contributed by atoms with van der Waals surface area (Å²) in [6.07, 6.45) is -1.51. The molecular formula is C14H24F3N3O. The van der Waals surface area contributed by atoms with Crippen LogP contribution in [0, 0.1) is 5.92 Å². The quantitative estimate of drug-likeness (QED) is 0.858. The highest BCUT2D eigenvalue weighted by Gasteiger charge is 2.42. The van der Waals surface area contributed by atoms with Gasteiger partial charge in [-0.25, -0.2) is 0 Å². The summed E-state index contributed by atoms with van der Waals surface area (Å²) in [5.74, 6) is -1.53. The zero-order valence-electron chi connectivity index (χ0n) is 12.5. The Morgan fingerprint density at radius 3 is 2.57 bits per heavy atom. The molecule has 7 heteroatoms. The molecule has 21 heavy (non-hydrogen) atoms. The average molecular weight is 307 g/mol. The topological polar surface area (TPSA) is 35.6 Å². The fourth-order valence-electron chi connectivity index (χ4n) is 3.20. The molecule has 0 aliphatic carbocycles. The van der Waals surface area contributed by atoms with Crippen LogP contribution in [-0.4, -0.2) is 67.7 Å². The maximum Gasteiger partial charge on any atom is 0.393 e. The van der Waals surface area contributed by atoms with E-state index in [-0.39, 0.29) is 25.4 Å². The normalized spacial score (nSPS) is 28.7. The van der Waals surface area contributed by atoms with Crippen LogP contribution in [0.5, 0.6) is 0 Å².